The van der Waals surface area contributed by atoms with Gasteiger partial charge in [-0.2, -0.15) is 0 Å². The molecule has 0 amide bonds. The van der Waals surface area contributed by atoms with Crippen molar-refractivity contribution < 1.29 is 4.74 Å². The quantitative estimate of drug-likeness (QED) is 0.389. The molecule has 0 atom stereocenters. The van der Waals surface area contributed by atoms with Gasteiger partial charge in [-0.05, 0) is 44.8 Å². The smallest absolute Gasteiger partial charge is 0.201 e. The van der Waals surface area contributed by atoms with E-state index in [4.69, 9.17) is 4.74 Å². The Balaban J connectivity index is 1.82. The Morgan fingerprint density at radius 2 is 1.50 bits per heavy atom. The lowest BCUT2D eigenvalue weighted by molar-refractivity contribution is 0.379. The second-order valence-corrected chi connectivity index (χ2v) is 6.39. The molecule has 0 saturated carbocycles. The average molecular weight is 305 g/mol. The summed E-state index contributed by atoms with van der Waals surface area (Å²) < 4.78 is 6.30. The van der Waals surface area contributed by atoms with Crippen molar-refractivity contribution in [3.05, 3.63) is 90.0 Å². The molecule has 1 nitrogen and oxygen atoms in total. The number of ether oxygens (including phenoxy) is 1. The first-order valence-electron chi connectivity index (χ1n) is 8.21. The lowest BCUT2D eigenvalue weighted by Crippen LogP contribution is -2.16. The molecule has 1 heterocycles. The van der Waals surface area contributed by atoms with Crippen LogP contribution in [0.2, 0.25) is 0 Å². The Hall–Kier alpha value is -3.06. The predicted octanol–water partition coefficient (Wildman–Crippen LogP) is 5.96. The Bertz CT molecular complexity index is 1180. The van der Waals surface area contributed by atoms with Gasteiger partial charge in [-0.3, -0.25) is 0 Å². The van der Waals surface area contributed by atoms with Crippen molar-refractivity contribution in [1.82, 2.24) is 0 Å². The topological polar surface area (TPSA) is 9.23 Å². The summed E-state index contributed by atoms with van der Waals surface area (Å²) >= 11 is 0. The van der Waals surface area contributed by atoms with Crippen molar-refractivity contribution in [3.63, 3.8) is 0 Å². The van der Waals surface area contributed by atoms with E-state index in [-0.39, 0.29) is 0 Å². The van der Waals surface area contributed by atoms with Gasteiger partial charge in [-0.15, -0.1) is 0 Å². The van der Waals surface area contributed by atoms with Crippen molar-refractivity contribution in [2.45, 2.75) is 0 Å². The Morgan fingerprint density at radius 3 is 2.50 bits per heavy atom. The van der Waals surface area contributed by atoms with Crippen LogP contribution in [0.15, 0.2) is 72.8 Å². The van der Waals surface area contributed by atoms with Crippen LogP contribution in [0.25, 0.3) is 38.7 Å². The Kier molecular flexibility index (Phi) is 2.20. The lowest BCUT2D eigenvalue weighted by atomic mass is 9.82. The molecule has 0 fully saturated rings. The van der Waals surface area contributed by atoms with Crippen LogP contribution in [0.1, 0.15) is 11.1 Å². The molecule has 0 aromatic heterocycles. The molecule has 4 aromatic rings. The monoisotopic (exact) mass is 305 g/mol. The van der Waals surface area contributed by atoms with Gasteiger partial charge in [0.05, 0.1) is 0 Å². The van der Waals surface area contributed by atoms with E-state index in [2.05, 4.69) is 78.9 Å². The number of rotatable bonds is 0. The predicted molar refractivity (Wildman–Crippen MR) is 98.9 cm³/mol. The van der Waals surface area contributed by atoms with Crippen LogP contribution in [0.5, 0.6) is 5.75 Å². The molecular formula is C23H13O. The van der Waals surface area contributed by atoms with E-state index in [0.29, 0.717) is 0 Å². The zero-order valence-corrected chi connectivity index (χ0v) is 12.9. The average Bonchev–Trinajstić information content (AvgIpc) is 2.65. The molecule has 1 heteroatoms. The summed E-state index contributed by atoms with van der Waals surface area (Å²) in [5.41, 5.74) is 4.97. The highest BCUT2D eigenvalue weighted by Gasteiger charge is 2.31. The molecule has 0 unspecified atom stereocenters. The lowest BCUT2D eigenvalue weighted by Gasteiger charge is -2.30. The molecule has 0 spiro atoms. The number of hydrogen-bond donors (Lipinski definition) is 0. The normalized spacial score (nSPS) is 14.7. The van der Waals surface area contributed by atoms with E-state index >= 15 is 0 Å². The van der Waals surface area contributed by atoms with Gasteiger partial charge in [0.25, 0.3) is 0 Å². The summed E-state index contributed by atoms with van der Waals surface area (Å²) in [4.78, 5) is 0. The first kappa shape index (κ1) is 12.4. The maximum absolute atomic E-state index is 6.30. The fourth-order valence-corrected chi connectivity index (χ4v) is 4.08. The molecule has 111 valence electrons. The van der Waals surface area contributed by atoms with Gasteiger partial charge in [0.1, 0.15) is 5.75 Å². The molecule has 1 aliphatic heterocycles. The van der Waals surface area contributed by atoms with Gasteiger partial charge < -0.3 is 4.74 Å². The molecule has 0 bridgehead atoms. The van der Waals surface area contributed by atoms with Gasteiger partial charge in [-0.25, -0.2) is 0 Å². The highest BCUT2D eigenvalue weighted by atomic mass is 16.5. The van der Waals surface area contributed by atoms with Crippen molar-refractivity contribution >= 4 is 27.6 Å². The minimum Gasteiger partial charge on any atom is -0.473 e. The first-order valence-corrected chi connectivity index (χ1v) is 8.21. The molecule has 24 heavy (non-hydrogen) atoms. The van der Waals surface area contributed by atoms with E-state index < -0.39 is 0 Å². The van der Waals surface area contributed by atoms with E-state index in [0.717, 1.165) is 11.9 Å². The molecule has 0 N–H and O–H groups in total. The zero-order chi connectivity index (χ0) is 15.7. The Morgan fingerprint density at radius 1 is 0.625 bits per heavy atom. The number of benzene rings is 4. The van der Waals surface area contributed by atoms with Crippen LogP contribution in [0.3, 0.4) is 0 Å². The van der Waals surface area contributed by atoms with Gasteiger partial charge in [0, 0.05) is 11.1 Å². The van der Waals surface area contributed by atoms with Crippen LogP contribution >= 0.6 is 0 Å². The van der Waals surface area contributed by atoms with Crippen molar-refractivity contribution in [3.8, 4) is 16.9 Å². The number of fused-ring (bicyclic) bond motifs is 4. The van der Waals surface area contributed by atoms with Crippen LogP contribution in [0.4, 0.5) is 0 Å². The summed E-state index contributed by atoms with van der Waals surface area (Å²) in [6.07, 6.45) is 5.20. The fraction of sp³-hybridized carbons (Fsp3) is 0. The summed E-state index contributed by atoms with van der Waals surface area (Å²) in [5, 5.41) is 5.05. The second kappa shape index (κ2) is 4.27. The maximum atomic E-state index is 6.30. The highest BCUT2D eigenvalue weighted by Crippen LogP contribution is 2.50. The first-order chi connectivity index (χ1) is 11.9. The van der Waals surface area contributed by atoms with Crippen molar-refractivity contribution in [2.24, 2.45) is 0 Å². The van der Waals surface area contributed by atoms with Gasteiger partial charge in [-0.1, -0.05) is 66.7 Å². The zero-order valence-electron chi connectivity index (χ0n) is 12.9. The molecule has 1 aliphatic carbocycles. The third-order valence-corrected chi connectivity index (χ3v) is 5.12. The summed E-state index contributed by atoms with van der Waals surface area (Å²) in [6.45, 7) is 0. The van der Waals surface area contributed by atoms with Crippen LogP contribution in [0, 0.1) is 6.10 Å². The van der Waals surface area contributed by atoms with E-state index in [1.165, 1.54) is 43.8 Å². The highest BCUT2D eigenvalue weighted by molar-refractivity contribution is 6.08. The summed E-state index contributed by atoms with van der Waals surface area (Å²) in [5.74, 6) is 0.944. The maximum Gasteiger partial charge on any atom is 0.201 e. The third-order valence-electron chi connectivity index (χ3n) is 5.12. The largest absolute Gasteiger partial charge is 0.473 e. The molecule has 4 aromatic carbocycles. The molecule has 6 rings (SSSR count). The van der Waals surface area contributed by atoms with Gasteiger partial charge in [0.15, 0.2) is 0 Å². The summed E-state index contributed by atoms with van der Waals surface area (Å²) in [6, 6.07) is 23.7. The molecular weight excluding hydrogens is 292 g/mol. The van der Waals surface area contributed by atoms with E-state index in [9.17, 15) is 0 Å². The minimum atomic E-state index is 0.944. The standard InChI is InChI=1S/C23H13O/c1-2-7-17-14(4-1)9-12-19-22(17)18-11-8-15-5-3-6-16-10-13-20(24-19)23(18)21(15)16/h1-13H. The van der Waals surface area contributed by atoms with E-state index in [1.54, 1.807) is 0 Å². The van der Waals surface area contributed by atoms with Gasteiger partial charge >= 0.3 is 0 Å². The van der Waals surface area contributed by atoms with Crippen LogP contribution in [-0.2, 0) is 0 Å². The van der Waals surface area contributed by atoms with Crippen LogP contribution < -0.4 is 4.74 Å². The van der Waals surface area contributed by atoms with Crippen molar-refractivity contribution in [2.75, 3.05) is 0 Å². The molecule has 0 saturated heterocycles. The minimum absolute atomic E-state index is 0.944. The SMILES string of the molecule is C1=Cc2cccc3ccc4c(c23)[C]1Oc1ccc2ccccc2c1-4. The molecule has 1 radical (unpaired) electrons. The van der Waals surface area contributed by atoms with E-state index in [1.807, 2.05) is 0 Å². The number of hydrogen-bond acceptors (Lipinski definition) is 1. The fourth-order valence-electron chi connectivity index (χ4n) is 4.08. The molecule has 2 aliphatic rings. The Labute approximate surface area is 139 Å². The summed E-state index contributed by atoms with van der Waals surface area (Å²) in [7, 11) is 0. The second-order valence-electron chi connectivity index (χ2n) is 6.39. The van der Waals surface area contributed by atoms with Crippen LogP contribution in [-0.4, -0.2) is 0 Å². The third kappa shape index (κ3) is 1.45. The van der Waals surface area contributed by atoms with Crippen molar-refractivity contribution in [1.29, 1.82) is 0 Å². The van der Waals surface area contributed by atoms with Gasteiger partial charge in [0.2, 0.25) is 6.10 Å².